The Hall–Kier alpha value is -2.76. The lowest BCUT2D eigenvalue weighted by Gasteiger charge is -2.49. The van der Waals surface area contributed by atoms with Gasteiger partial charge in [-0.15, -0.1) is 0 Å². The molecule has 2 unspecified atom stereocenters. The number of likely N-dealkylation sites (tertiary alicyclic amines) is 1. The highest BCUT2D eigenvalue weighted by molar-refractivity contribution is 6.21. The quantitative estimate of drug-likeness (QED) is 0.674. The van der Waals surface area contributed by atoms with Crippen LogP contribution in [0.3, 0.4) is 0 Å². The molecule has 4 amide bonds. The Bertz CT molecular complexity index is 994. The van der Waals surface area contributed by atoms with E-state index < -0.39 is 0 Å². The van der Waals surface area contributed by atoms with Crippen LogP contribution in [0.1, 0.15) is 38.5 Å². The number of hydrogen-bond donors (Lipinski definition) is 0. The van der Waals surface area contributed by atoms with Crippen LogP contribution >= 0.6 is 0 Å². The van der Waals surface area contributed by atoms with E-state index in [1.165, 1.54) is 9.80 Å². The van der Waals surface area contributed by atoms with Crippen molar-refractivity contribution in [3.63, 3.8) is 0 Å². The third kappa shape index (κ3) is 2.30. The fourth-order valence-electron chi connectivity index (χ4n) is 6.81. The summed E-state index contributed by atoms with van der Waals surface area (Å²) in [6.07, 6.45) is 16.2. The summed E-state index contributed by atoms with van der Waals surface area (Å²) in [5.74, 6) is -1.15. The minimum absolute atomic E-state index is 0.0506. The van der Waals surface area contributed by atoms with E-state index in [-0.39, 0.29) is 46.3 Å². The molecule has 3 saturated carbocycles. The maximum Gasteiger partial charge on any atom is 0.261 e. The summed E-state index contributed by atoms with van der Waals surface area (Å²) < 4.78 is 0. The Kier molecular flexibility index (Phi) is 3.55. The Morgan fingerprint density at radius 2 is 1.43 bits per heavy atom. The van der Waals surface area contributed by atoms with E-state index in [1.807, 2.05) is 30.4 Å². The smallest absolute Gasteiger partial charge is 0.261 e. The molecule has 154 valence electrons. The molecule has 2 heterocycles. The van der Waals surface area contributed by atoms with Crippen molar-refractivity contribution in [2.75, 3.05) is 13.1 Å². The zero-order valence-corrected chi connectivity index (χ0v) is 16.8. The maximum absolute atomic E-state index is 12.8. The summed E-state index contributed by atoms with van der Waals surface area (Å²) in [6.45, 7) is 0.937. The zero-order chi connectivity index (χ0) is 20.7. The molecular formula is C24H24N2O4. The van der Waals surface area contributed by atoms with Gasteiger partial charge in [0, 0.05) is 24.2 Å². The second kappa shape index (κ2) is 5.90. The van der Waals surface area contributed by atoms with Crippen LogP contribution in [0.4, 0.5) is 0 Å². The van der Waals surface area contributed by atoms with Gasteiger partial charge in [-0.05, 0) is 49.4 Å². The van der Waals surface area contributed by atoms with Gasteiger partial charge in [0.15, 0.2) is 0 Å². The Balaban J connectivity index is 1.15. The molecule has 7 rings (SSSR count). The first kappa shape index (κ1) is 18.0. The molecule has 1 saturated heterocycles. The van der Waals surface area contributed by atoms with Crippen molar-refractivity contribution >= 4 is 23.6 Å². The average molecular weight is 404 g/mol. The van der Waals surface area contributed by atoms with E-state index in [0.29, 0.717) is 30.7 Å². The summed E-state index contributed by atoms with van der Waals surface area (Å²) in [7, 11) is 0. The van der Waals surface area contributed by atoms with Crippen LogP contribution in [0.25, 0.3) is 0 Å². The van der Waals surface area contributed by atoms with Crippen LogP contribution in [0.15, 0.2) is 47.6 Å². The lowest BCUT2D eigenvalue weighted by Crippen LogP contribution is -2.52. The van der Waals surface area contributed by atoms with E-state index in [1.54, 1.807) is 6.08 Å². The van der Waals surface area contributed by atoms with Gasteiger partial charge in [-0.2, -0.15) is 0 Å². The zero-order valence-electron chi connectivity index (χ0n) is 16.8. The molecule has 2 bridgehead atoms. The highest BCUT2D eigenvalue weighted by Gasteiger charge is 2.63. The molecule has 0 aromatic heterocycles. The monoisotopic (exact) mass is 404 g/mol. The van der Waals surface area contributed by atoms with Gasteiger partial charge in [-0.3, -0.25) is 29.0 Å². The first-order chi connectivity index (χ1) is 14.4. The van der Waals surface area contributed by atoms with Gasteiger partial charge in [-0.25, -0.2) is 0 Å². The minimum Gasteiger partial charge on any atom is -0.281 e. The first-order valence-electron chi connectivity index (χ1n) is 10.9. The number of carbonyl (C=O) groups excluding carboxylic acids is 4. The second-order valence-corrected chi connectivity index (χ2v) is 9.97. The van der Waals surface area contributed by atoms with Gasteiger partial charge in [0.2, 0.25) is 11.8 Å². The number of amides is 4. The molecule has 0 N–H and O–H groups in total. The Morgan fingerprint density at radius 1 is 0.833 bits per heavy atom. The molecule has 7 aliphatic rings. The number of rotatable bonds is 4. The van der Waals surface area contributed by atoms with Crippen molar-refractivity contribution in [1.29, 1.82) is 0 Å². The molecule has 6 heteroatoms. The number of allylic oxidation sites excluding steroid dienone is 3. The van der Waals surface area contributed by atoms with E-state index in [9.17, 15) is 19.2 Å². The molecule has 0 spiro atoms. The summed E-state index contributed by atoms with van der Waals surface area (Å²) in [5, 5.41) is 0. The fourth-order valence-corrected chi connectivity index (χ4v) is 6.81. The fraction of sp³-hybridized carbons (Fsp3) is 0.500. The summed E-state index contributed by atoms with van der Waals surface area (Å²) >= 11 is 0. The van der Waals surface area contributed by atoms with Gasteiger partial charge in [0.1, 0.15) is 0 Å². The molecule has 0 aromatic rings. The molecular weight excluding hydrogens is 380 g/mol. The van der Waals surface area contributed by atoms with E-state index >= 15 is 0 Å². The predicted molar refractivity (Wildman–Crippen MR) is 107 cm³/mol. The third-order valence-corrected chi connectivity index (χ3v) is 8.06. The SMILES string of the molecule is O=C1C2=C(CCC=C2)C(=O)N1CC12CCC(CN3C(=O)C4C=CC=CC4C3=O)(C1)C2. The molecule has 0 aromatic carbocycles. The number of fused-ring (bicyclic) bond motifs is 2. The summed E-state index contributed by atoms with van der Waals surface area (Å²) in [6, 6.07) is 0. The molecule has 2 atom stereocenters. The van der Waals surface area contributed by atoms with Crippen LogP contribution < -0.4 is 0 Å². The van der Waals surface area contributed by atoms with Gasteiger partial charge < -0.3 is 0 Å². The lowest BCUT2D eigenvalue weighted by molar-refractivity contribution is -0.144. The van der Waals surface area contributed by atoms with Crippen LogP contribution in [0.2, 0.25) is 0 Å². The molecule has 2 aliphatic heterocycles. The largest absolute Gasteiger partial charge is 0.281 e. The van der Waals surface area contributed by atoms with Crippen molar-refractivity contribution in [1.82, 2.24) is 9.80 Å². The number of nitrogens with zero attached hydrogens (tertiary/aromatic N) is 2. The molecule has 5 aliphatic carbocycles. The minimum atomic E-state index is -0.351. The number of carbonyl (C=O) groups is 4. The van der Waals surface area contributed by atoms with E-state index in [4.69, 9.17) is 0 Å². The number of hydrogen-bond acceptors (Lipinski definition) is 4. The van der Waals surface area contributed by atoms with Crippen molar-refractivity contribution in [2.45, 2.75) is 38.5 Å². The van der Waals surface area contributed by atoms with E-state index in [0.717, 1.165) is 32.1 Å². The molecule has 4 fully saturated rings. The third-order valence-electron chi connectivity index (χ3n) is 8.06. The highest BCUT2D eigenvalue weighted by Crippen LogP contribution is 2.67. The van der Waals surface area contributed by atoms with Crippen molar-refractivity contribution in [3.8, 4) is 0 Å². The Morgan fingerprint density at radius 3 is 2.03 bits per heavy atom. The van der Waals surface area contributed by atoms with Crippen molar-refractivity contribution < 1.29 is 19.2 Å². The Labute approximate surface area is 175 Å². The normalized spacial score (nSPS) is 38.7. The molecule has 0 radical (unpaired) electrons. The summed E-state index contributed by atoms with van der Waals surface area (Å²) in [4.78, 5) is 54.1. The van der Waals surface area contributed by atoms with Crippen LogP contribution in [0, 0.1) is 22.7 Å². The van der Waals surface area contributed by atoms with Crippen molar-refractivity contribution in [3.05, 3.63) is 47.6 Å². The average Bonchev–Trinajstić information content (AvgIpc) is 3.41. The lowest BCUT2D eigenvalue weighted by atomic mass is 9.59. The standard InChI is InChI=1S/C24H24N2O4/c27-19-15-5-1-2-6-16(15)20(28)25(19)13-23-9-10-24(11-23,12-23)14-26-21(29)17-7-3-4-8-18(17)22(26)30/h1-3,5-7,15-16H,4,8-14H2. The predicted octanol–water partition coefficient (Wildman–Crippen LogP) is 2.29. The van der Waals surface area contributed by atoms with Crippen LogP contribution in [-0.4, -0.2) is 46.5 Å². The molecule has 30 heavy (non-hydrogen) atoms. The van der Waals surface area contributed by atoms with Gasteiger partial charge in [0.25, 0.3) is 11.8 Å². The summed E-state index contributed by atoms with van der Waals surface area (Å²) in [5.41, 5.74) is 1.13. The topological polar surface area (TPSA) is 74.8 Å². The van der Waals surface area contributed by atoms with Crippen LogP contribution in [-0.2, 0) is 19.2 Å². The van der Waals surface area contributed by atoms with E-state index in [2.05, 4.69) is 0 Å². The van der Waals surface area contributed by atoms with Gasteiger partial charge >= 0.3 is 0 Å². The number of imide groups is 2. The van der Waals surface area contributed by atoms with Crippen molar-refractivity contribution in [2.24, 2.45) is 22.7 Å². The maximum atomic E-state index is 12.8. The van der Waals surface area contributed by atoms with Gasteiger partial charge in [-0.1, -0.05) is 36.5 Å². The highest BCUT2D eigenvalue weighted by atomic mass is 16.2. The van der Waals surface area contributed by atoms with Gasteiger partial charge in [0.05, 0.1) is 11.8 Å². The van der Waals surface area contributed by atoms with Crippen LogP contribution in [0.5, 0.6) is 0 Å². The second-order valence-electron chi connectivity index (χ2n) is 9.97. The molecule has 6 nitrogen and oxygen atoms in total. The first-order valence-corrected chi connectivity index (χ1v) is 10.9.